The Morgan fingerprint density at radius 1 is 1.33 bits per heavy atom. The minimum atomic E-state index is -0.119. The maximum Gasteiger partial charge on any atom is 0.123 e. The predicted octanol–water partition coefficient (Wildman–Crippen LogP) is 3.48. The maximum atomic E-state index is 12.8. The van der Waals surface area contributed by atoms with Crippen LogP contribution in [0, 0.1) is 12.7 Å². The van der Waals surface area contributed by atoms with Crippen LogP contribution in [0.5, 0.6) is 0 Å². The van der Waals surface area contributed by atoms with Gasteiger partial charge in [-0.15, -0.1) is 0 Å². The standard InChI is InChI=1S/C11H15F/c1-3-4-5-10-8-11(12)7-6-9(10)2/h6-8H,3-5H2,1-2H3. The average Bonchev–Trinajstić information content (AvgIpc) is 2.07. The fourth-order valence-corrected chi connectivity index (χ4v) is 1.28. The second-order valence-corrected chi connectivity index (χ2v) is 3.17. The molecule has 0 aromatic heterocycles. The summed E-state index contributed by atoms with van der Waals surface area (Å²) in [4.78, 5) is 0. The molecule has 0 unspecified atom stereocenters. The van der Waals surface area contributed by atoms with Crippen LogP contribution in [0.25, 0.3) is 0 Å². The summed E-state index contributed by atoms with van der Waals surface area (Å²) in [5.74, 6) is -0.119. The predicted molar refractivity (Wildman–Crippen MR) is 49.7 cm³/mol. The number of hydrogen-bond acceptors (Lipinski definition) is 0. The van der Waals surface area contributed by atoms with Gasteiger partial charge in [0.25, 0.3) is 0 Å². The lowest BCUT2D eigenvalue weighted by atomic mass is 10.0. The zero-order valence-electron chi connectivity index (χ0n) is 7.73. The molecule has 0 amide bonds. The zero-order chi connectivity index (χ0) is 8.97. The van der Waals surface area contributed by atoms with Crippen LogP contribution in [0.15, 0.2) is 18.2 Å². The fraction of sp³-hybridized carbons (Fsp3) is 0.455. The molecule has 0 fully saturated rings. The van der Waals surface area contributed by atoms with Crippen LogP contribution in [-0.4, -0.2) is 0 Å². The van der Waals surface area contributed by atoms with Crippen molar-refractivity contribution in [2.75, 3.05) is 0 Å². The van der Waals surface area contributed by atoms with Gasteiger partial charge in [-0.05, 0) is 43.0 Å². The molecule has 1 aromatic carbocycles. The first-order chi connectivity index (χ1) is 5.74. The summed E-state index contributed by atoms with van der Waals surface area (Å²) in [5, 5.41) is 0. The monoisotopic (exact) mass is 166 g/mol. The third-order valence-electron chi connectivity index (χ3n) is 2.11. The summed E-state index contributed by atoms with van der Waals surface area (Å²) in [5.41, 5.74) is 2.35. The van der Waals surface area contributed by atoms with Gasteiger partial charge in [0.2, 0.25) is 0 Å². The van der Waals surface area contributed by atoms with Crippen molar-refractivity contribution in [1.82, 2.24) is 0 Å². The van der Waals surface area contributed by atoms with Gasteiger partial charge in [0.15, 0.2) is 0 Å². The molecule has 0 aliphatic rings. The highest BCUT2D eigenvalue weighted by Gasteiger charge is 1.98. The molecular weight excluding hydrogens is 151 g/mol. The molecule has 12 heavy (non-hydrogen) atoms. The lowest BCUT2D eigenvalue weighted by molar-refractivity contribution is 0.623. The summed E-state index contributed by atoms with van der Waals surface area (Å²) in [7, 11) is 0. The molecule has 0 N–H and O–H groups in total. The first-order valence-corrected chi connectivity index (χ1v) is 4.49. The van der Waals surface area contributed by atoms with Gasteiger partial charge >= 0.3 is 0 Å². The topological polar surface area (TPSA) is 0 Å². The SMILES string of the molecule is CCCCc1cc(F)ccc1C. The Morgan fingerprint density at radius 2 is 2.08 bits per heavy atom. The highest BCUT2D eigenvalue weighted by Crippen LogP contribution is 2.12. The van der Waals surface area contributed by atoms with E-state index in [4.69, 9.17) is 0 Å². The van der Waals surface area contributed by atoms with Crippen molar-refractivity contribution in [3.05, 3.63) is 35.1 Å². The molecule has 0 spiro atoms. The van der Waals surface area contributed by atoms with Crippen molar-refractivity contribution in [3.8, 4) is 0 Å². The van der Waals surface area contributed by atoms with E-state index in [1.807, 2.05) is 13.0 Å². The lowest BCUT2D eigenvalue weighted by Crippen LogP contribution is -1.90. The summed E-state index contributed by atoms with van der Waals surface area (Å²) in [6.45, 7) is 4.18. The van der Waals surface area contributed by atoms with E-state index in [0.29, 0.717) is 0 Å². The molecule has 0 bridgehead atoms. The number of hydrogen-bond donors (Lipinski definition) is 0. The molecule has 0 aliphatic carbocycles. The molecule has 1 heteroatoms. The Bertz CT molecular complexity index is 253. The van der Waals surface area contributed by atoms with E-state index in [2.05, 4.69) is 6.92 Å². The van der Waals surface area contributed by atoms with E-state index in [1.165, 1.54) is 11.6 Å². The van der Waals surface area contributed by atoms with E-state index in [0.717, 1.165) is 24.8 Å². The minimum absolute atomic E-state index is 0.119. The first-order valence-electron chi connectivity index (χ1n) is 4.49. The van der Waals surface area contributed by atoms with Crippen LogP contribution < -0.4 is 0 Å². The second-order valence-electron chi connectivity index (χ2n) is 3.17. The number of benzene rings is 1. The van der Waals surface area contributed by atoms with Crippen LogP contribution in [0.2, 0.25) is 0 Å². The lowest BCUT2D eigenvalue weighted by Gasteiger charge is -2.03. The molecule has 0 nitrogen and oxygen atoms in total. The highest BCUT2D eigenvalue weighted by molar-refractivity contribution is 5.26. The molecule has 0 radical (unpaired) electrons. The first kappa shape index (κ1) is 9.24. The van der Waals surface area contributed by atoms with Crippen LogP contribution in [0.1, 0.15) is 30.9 Å². The maximum absolute atomic E-state index is 12.8. The van der Waals surface area contributed by atoms with Crippen LogP contribution >= 0.6 is 0 Å². The van der Waals surface area contributed by atoms with Crippen molar-refractivity contribution in [1.29, 1.82) is 0 Å². The number of unbranched alkanes of at least 4 members (excludes halogenated alkanes) is 1. The van der Waals surface area contributed by atoms with Gasteiger partial charge in [-0.3, -0.25) is 0 Å². The Kier molecular flexibility index (Phi) is 3.27. The number of halogens is 1. The van der Waals surface area contributed by atoms with Crippen molar-refractivity contribution >= 4 is 0 Å². The Morgan fingerprint density at radius 3 is 2.75 bits per heavy atom. The molecular formula is C11H15F. The molecule has 0 saturated heterocycles. The van der Waals surface area contributed by atoms with Crippen molar-refractivity contribution in [2.24, 2.45) is 0 Å². The summed E-state index contributed by atoms with van der Waals surface area (Å²) < 4.78 is 12.8. The molecule has 1 rings (SSSR count). The van der Waals surface area contributed by atoms with Crippen LogP contribution in [0.4, 0.5) is 4.39 Å². The quantitative estimate of drug-likeness (QED) is 0.645. The van der Waals surface area contributed by atoms with Crippen molar-refractivity contribution in [3.63, 3.8) is 0 Å². The van der Waals surface area contributed by atoms with Gasteiger partial charge in [-0.25, -0.2) is 4.39 Å². The molecule has 0 saturated carbocycles. The number of aryl methyl sites for hydroxylation is 2. The van der Waals surface area contributed by atoms with E-state index in [-0.39, 0.29) is 5.82 Å². The van der Waals surface area contributed by atoms with E-state index in [1.54, 1.807) is 6.07 Å². The summed E-state index contributed by atoms with van der Waals surface area (Å²) in [6, 6.07) is 5.01. The highest BCUT2D eigenvalue weighted by atomic mass is 19.1. The Labute approximate surface area is 73.4 Å². The third kappa shape index (κ3) is 2.33. The second kappa shape index (κ2) is 4.24. The van der Waals surface area contributed by atoms with Crippen LogP contribution in [0.3, 0.4) is 0 Å². The molecule has 66 valence electrons. The summed E-state index contributed by atoms with van der Waals surface area (Å²) in [6.07, 6.45) is 3.31. The van der Waals surface area contributed by atoms with Crippen molar-refractivity contribution in [2.45, 2.75) is 33.1 Å². The van der Waals surface area contributed by atoms with E-state index >= 15 is 0 Å². The third-order valence-corrected chi connectivity index (χ3v) is 2.11. The van der Waals surface area contributed by atoms with Gasteiger partial charge in [-0.1, -0.05) is 19.4 Å². The smallest absolute Gasteiger partial charge is 0.123 e. The van der Waals surface area contributed by atoms with Crippen molar-refractivity contribution < 1.29 is 4.39 Å². The zero-order valence-corrected chi connectivity index (χ0v) is 7.73. The van der Waals surface area contributed by atoms with Gasteiger partial charge in [0, 0.05) is 0 Å². The Hall–Kier alpha value is -0.850. The molecule has 1 aromatic rings. The molecule has 0 aliphatic heterocycles. The normalized spacial score (nSPS) is 10.2. The largest absolute Gasteiger partial charge is 0.207 e. The van der Waals surface area contributed by atoms with E-state index in [9.17, 15) is 4.39 Å². The van der Waals surface area contributed by atoms with Gasteiger partial charge < -0.3 is 0 Å². The minimum Gasteiger partial charge on any atom is -0.207 e. The van der Waals surface area contributed by atoms with Gasteiger partial charge in [0.05, 0.1) is 0 Å². The average molecular weight is 166 g/mol. The van der Waals surface area contributed by atoms with Gasteiger partial charge in [0.1, 0.15) is 5.82 Å². The summed E-state index contributed by atoms with van der Waals surface area (Å²) >= 11 is 0. The fourth-order valence-electron chi connectivity index (χ4n) is 1.28. The van der Waals surface area contributed by atoms with E-state index < -0.39 is 0 Å². The van der Waals surface area contributed by atoms with Gasteiger partial charge in [-0.2, -0.15) is 0 Å². The van der Waals surface area contributed by atoms with Crippen LogP contribution in [-0.2, 0) is 6.42 Å². The Balaban J connectivity index is 2.75. The molecule has 0 heterocycles. The molecule has 0 atom stereocenters. The number of rotatable bonds is 3.